The van der Waals surface area contributed by atoms with Crippen LogP contribution in [0.25, 0.3) is 11.3 Å². The van der Waals surface area contributed by atoms with Crippen molar-refractivity contribution in [2.45, 2.75) is 45.1 Å². The second-order valence-corrected chi connectivity index (χ2v) is 5.38. The second-order valence-electron chi connectivity index (χ2n) is 5.38. The van der Waals surface area contributed by atoms with E-state index in [2.05, 4.69) is 22.2 Å². The molecule has 1 atom stereocenters. The lowest BCUT2D eigenvalue weighted by Gasteiger charge is -2.18. The van der Waals surface area contributed by atoms with E-state index >= 15 is 0 Å². The summed E-state index contributed by atoms with van der Waals surface area (Å²) in [4.78, 5) is 18.4. The largest absolute Gasteiger partial charge is 0.530 e. The summed E-state index contributed by atoms with van der Waals surface area (Å²) in [5, 5.41) is 13.3. The zero-order chi connectivity index (χ0) is 15.8. The lowest BCUT2D eigenvalue weighted by Crippen LogP contribution is -2.39. The quantitative estimate of drug-likeness (QED) is 0.735. The van der Waals surface area contributed by atoms with Crippen LogP contribution in [-0.2, 0) is 0 Å². The molecule has 1 heterocycles. The van der Waals surface area contributed by atoms with Gasteiger partial charge in [0.15, 0.2) is 0 Å². The van der Waals surface area contributed by atoms with Crippen LogP contribution in [0.4, 0.5) is 4.79 Å². The predicted octanol–water partition coefficient (Wildman–Crippen LogP) is 3.02. The van der Waals surface area contributed by atoms with Crippen LogP contribution in [0, 0.1) is 0 Å². The maximum atomic E-state index is 10.9. The first-order chi connectivity index (χ1) is 10.7. The number of amides is 1. The van der Waals surface area contributed by atoms with E-state index in [9.17, 15) is 9.90 Å². The number of carbonyl (C=O) groups excluding carboxylic acids is 1. The predicted molar refractivity (Wildman–Crippen MR) is 84.1 cm³/mol. The molecular weight excluding hydrogens is 278 g/mol. The van der Waals surface area contributed by atoms with E-state index in [1.54, 1.807) is 6.20 Å². The van der Waals surface area contributed by atoms with E-state index in [0.717, 1.165) is 43.4 Å². The molecule has 118 valence electrons. The Hall–Kier alpha value is -2.30. The number of hydrogen-bond acceptors (Lipinski definition) is 3. The van der Waals surface area contributed by atoms with Crippen LogP contribution in [0.3, 0.4) is 0 Å². The molecule has 0 saturated carbocycles. The van der Waals surface area contributed by atoms with Gasteiger partial charge < -0.3 is 20.2 Å². The Morgan fingerprint density at radius 1 is 1.27 bits per heavy atom. The molecule has 2 rings (SSSR count). The highest BCUT2D eigenvalue weighted by atomic mass is 16.4. The molecule has 22 heavy (non-hydrogen) atoms. The minimum Gasteiger partial charge on any atom is -0.530 e. The van der Waals surface area contributed by atoms with Gasteiger partial charge in [0.2, 0.25) is 0 Å². The molecule has 0 saturated heterocycles. The van der Waals surface area contributed by atoms with Crippen molar-refractivity contribution in [3.8, 4) is 11.3 Å². The van der Waals surface area contributed by atoms with Gasteiger partial charge >= 0.3 is 0 Å². The molecule has 0 fully saturated rings. The Morgan fingerprint density at radius 2 is 2.05 bits per heavy atom. The van der Waals surface area contributed by atoms with Crippen LogP contribution in [0.5, 0.6) is 0 Å². The first-order valence-electron chi connectivity index (χ1n) is 7.78. The van der Waals surface area contributed by atoms with E-state index in [1.807, 2.05) is 30.3 Å². The van der Waals surface area contributed by atoms with Gasteiger partial charge in [-0.05, 0) is 12.0 Å². The smallest absolute Gasteiger partial charge is 0.134 e. The standard InChI is InChI=1S/C17H23N3O2/c1-2-3-4-8-11-14(20-17(21)22)16-18-12-15(19-16)13-9-6-5-7-10-13/h5-7,9-10,12,14,20H,2-4,8,11H2,1H3,(H,18,19)(H,21,22)/p-1. The zero-order valence-electron chi connectivity index (χ0n) is 12.8. The number of aromatic nitrogens is 2. The summed E-state index contributed by atoms with van der Waals surface area (Å²) >= 11 is 0. The SMILES string of the molecule is CCCCCCC(NC(=O)[O-])c1ncc(-c2ccccc2)[nH]1. The molecular formula is C17H22N3O2-. The fraction of sp³-hybridized carbons (Fsp3) is 0.412. The first-order valence-corrected chi connectivity index (χ1v) is 7.78. The van der Waals surface area contributed by atoms with Crippen molar-refractivity contribution in [3.05, 3.63) is 42.4 Å². The second kappa shape index (κ2) is 8.22. The Labute approximate surface area is 130 Å². The number of unbranched alkanes of at least 4 members (excludes halogenated alkanes) is 3. The van der Waals surface area contributed by atoms with Crippen molar-refractivity contribution in [2.24, 2.45) is 0 Å². The summed E-state index contributed by atoms with van der Waals surface area (Å²) in [6.45, 7) is 2.15. The van der Waals surface area contributed by atoms with Crippen LogP contribution in [0.1, 0.15) is 50.9 Å². The number of carboxylic acid groups (broad SMARTS) is 1. The van der Waals surface area contributed by atoms with Gasteiger partial charge in [-0.25, -0.2) is 4.98 Å². The topological polar surface area (TPSA) is 80.8 Å². The summed E-state index contributed by atoms with van der Waals surface area (Å²) < 4.78 is 0. The number of carbonyl (C=O) groups is 1. The molecule has 5 nitrogen and oxygen atoms in total. The van der Waals surface area contributed by atoms with Crippen molar-refractivity contribution in [1.82, 2.24) is 15.3 Å². The number of hydrogen-bond donors (Lipinski definition) is 2. The van der Waals surface area contributed by atoms with Crippen molar-refractivity contribution >= 4 is 6.09 Å². The lowest BCUT2D eigenvalue weighted by atomic mass is 10.1. The van der Waals surface area contributed by atoms with Crippen LogP contribution in [0.15, 0.2) is 36.5 Å². The normalized spacial score (nSPS) is 12.0. The van der Waals surface area contributed by atoms with Crippen molar-refractivity contribution in [3.63, 3.8) is 0 Å². The molecule has 2 aromatic rings. The fourth-order valence-electron chi connectivity index (χ4n) is 2.47. The Bertz CT molecular complexity index is 581. The van der Waals surface area contributed by atoms with Gasteiger partial charge in [-0.15, -0.1) is 0 Å². The van der Waals surface area contributed by atoms with Crippen molar-refractivity contribution < 1.29 is 9.90 Å². The van der Waals surface area contributed by atoms with Crippen molar-refractivity contribution in [1.29, 1.82) is 0 Å². The molecule has 2 N–H and O–H groups in total. The molecule has 0 spiro atoms. The lowest BCUT2D eigenvalue weighted by molar-refractivity contribution is -0.251. The first kappa shape index (κ1) is 16.1. The van der Waals surface area contributed by atoms with Gasteiger partial charge in [-0.3, -0.25) is 0 Å². The molecule has 1 unspecified atom stereocenters. The number of rotatable bonds is 8. The van der Waals surface area contributed by atoms with Crippen LogP contribution in [0.2, 0.25) is 0 Å². The monoisotopic (exact) mass is 300 g/mol. The summed E-state index contributed by atoms with van der Waals surface area (Å²) in [6.07, 6.45) is 5.55. The average molecular weight is 300 g/mol. The highest BCUT2D eigenvalue weighted by Gasteiger charge is 2.15. The van der Waals surface area contributed by atoms with E-state index in [1.165, 1.54) is 0 Å². The summed E-state index contributed by atoms with van der Waals surface area (Å²) in [5.41, 5.74) is 1.91. The van der Waals surface area contributed by atoms with Gasteiger partial charge in [0.1, 0.15) is 11.9 Å². The highest BCUT2D eigenvalue weighted by molar-refractivity contribution is 5.63. The molecule has 0 radical (unpaired) electrons. The molecule has 0 aliphatic carbocycles. The summed E-state index contributed by atoms with van der Waals surface area (Å²) in [7, 11) is 0. The fourth-order valence-corrected chi connectivity index (χ4v) is 2.47. The third-order valence-electron chi connectivity index (χ3n) is 3.65. The third-order valence-corrected chi connectivity index (χ3v) is 3.65. The maximum absolute atomic E-state index is 10.9. The van der Waals surface area contributed by atoms with E-state index in [-0.39, 0.29) is 6.04 Å². The minimum atomic E-state index is -1.27. The zero-order valence-corrected chi connectivity index (χ0v) is 12.8. The number of aromatic amines is 1. The number of benzene rings is 1. The molecule has 1 aromatic heterocycles. The van der Waals surface area contributed by atoms with E-state index in [4.69, 9.17) is 0 Å². The number of H-pyrrole nitrogens is 1. The average Bonchev–Trinajstić information content (AvgIpc) is 3.01. The Morgan fingerprint density at radius 3 is 2.73 bits per heavy atom. The molecule has 5 heteroatoms. The molecule has 1 amide bonds. The van der Waals surface area contributed by atoms with Crippen molar-refractivity contribution in [2.75, 3.05) is 0 Å². The van der Waals surface area contributed by atoms with Crippen LogP contribution < -0.4 is 10.4 Å². The van der Waals surface area contributed by atoms with Gasteiger partial charge in [-0.1, -0.05) is 62.9 Å². The summed E-state index contributed by atoms with van der Waals surface area (Å²) in [5.74, 6) is 0.638. The van der Waals surface area contributed by atoms with E-state index in [0.29, 0.717) is 5.82 Å². The molecule has 1 aromatic carbocycles. The van der Waals surface area contributed by atoms with Gasteiger partial charge in [0, 0.05) is 0 Å². The number of nitrogens with one attached hydrogen (secondary N) is 2. The molecule has 0 bridgehead atoms. The maximum Gasteiger partial charge on any atom is 0.134 e. The van der Waals surface area contributed by atoms with Gasteiger partial charge in [-0.2, -0.15) is 0 Å². The van der Waals surface area contributed by atoms with Gasteiger partial charge in [0.05, 0.1) is 17.9 Å². The Kier molecular flexibility index (Phi) is 6.01. The van der Waals surface area contributed by atoms with E-state index < -0.39 is 6.09 Å². The third kappa shape index (κ3) is 4.62. The van der Waals surface area contributed by atoms with Crippen LogP contribution >= 0.6 is 0 Å². The molecule has 0 aliphatic rings. The highest BCUT2D eigenvalue weighted by Crippen LogP contribution is 2.22. The number of nitrogens with zero attached hydrogens (tertiary/aromatic N) is 1. The van der Waals surface area contributed by atoms with Gasteiger partial charge in [0.25, 0.3) is 0 Å². The minimum absolute atomic E-state index is 0.348. The number of imidazole rings is 1. The van der Waals surface area contributed by atoms with Crippen LogP contribution in [-0.4, -0.2) is 16.1 Å². The Balaban J connectivity index is 2.07. The molecule has 0 aliphatic heterocycles. The summed E-state index contributed by atoms with van der Waals surface area (Å²) in [6, 6.07) is 9.49.